The van der Waals surface area contributed by atoms with Crippen molar-refractivity contribution in [3.63, 3.8) is 0 Å². The molecule has 0 amide bonds. The second-order valence-corrected chi connectivity index (χ2v) is 6.21. The van der Waals surface area contributed by atoms with Crippen LogP contribution in [0.5, 0.6) is 0 Å². The zero-order chi connectivity index (χ0) is 13.7. The predicted molar refractivity (Wildman–Crippen MR) is 97.0 cm³/mol. The van der Waals surface area contributed by atoms with Crippen molar-refractivity contribution in [3.8, 4) is 0 Å². The molecular weight excluding hydrogens is 363 g/mol. The average molecular weight is 394 g/mol. The molecule has 20 heavy (non-hydrogen) atoms. The number of piperidine rings is 1. The number of hydrogen-bond donors (Lipinski definition) is 2. The molecule has 5 heteroatoms. The number of rotatable bonds is 5. The molecule has 4 nitrogen and oxygen atoms in total. The van der Waals surface area contributed by atoms with Crippen molar-refractivity contribution in [1.82, 2.24) is 15.5 Å². The Morgan fingerprint density at radius 2 is 1.85 bits per heavy atom. The standard InChI is InChI=1S/C15H30N4.HI/c1-4-16-15(17-11-13-5-6-13)18-14-7-9-19(10-8-14)12(2)3;/h12-14H,4-11H2,1-3H3,(H2,16,17,18);1H. The van der Waals surface area contributed by atoms with Crippen LogP contribution in [0.1, 0.15) is 46.5 Å². The van der Waals surface area contributed by atoms with Gasteiger partial charge < -0.3 is 15.5 Å². The molecular formula is C15H31IN4. The van der Waals surface area contributed by atoms with Gasteiger partial charge in [0.2, 0.25) is 0 Å². The summed E-state index contributed by atoms with van der Waals surface area (Å²) in [4.78, 5) is 7.27. The summed E-state index contributed by atoms with van der Waals surface area (Å²) in [7, 11) is 0. The van der Waals surface area contributed by atoms with E-state index in [1.807, 2.05) is 0 Å². The second-order valence-electron chi connectivity index (χ2n) is 6.21. The number of nitrogens with zero attached hydrogens (tertiary/aromatic N) is 2. The first-order chi connectivity index (χ1) is 9.19. The van der Waals surface area contributed by atoms with E-state index in [0.29, 0.717) is 12.1 Å². The fourth-order valence-electron chi connectivity index (χ4n) is 2.59. The van der Waals surface area contributed by atoms with E-state index in [9.17, 15) is 0 Å². The first kappa shape index (κ1) is 18.0. The third kappa shape index (κ3) is 6.16. The Hall–Kier alpha value is -0.0400. The number of likely N-dealkylation sites (tertiary alicyclic amines) is 1. The van der Waals surface area contributed by atoms with Crippen molar-refractivity contribution in [2.75, 3.05) is 26.2 Å². The van der Waals surface area contributed by atoms with Gasteiger partial charge in [0.15, 0.2) is 5.96 Å². The summed E-state index contributed by atoms with van der Waals surface area (Å²) < 4.78 is 0. The molecule has 2 aliphatic rings. The summed E-state index contributed by atoms with van der Waals surface area (Å²) in [5.41, 5.74) is 0. The summed E-state index contributed by atoms with van der Waals surface area (Å²) in [6.45, 7) is 11.1. The van der Waals surface area contributed by atoms with Gasteiger partial charge in [-0.15, -0.1) is 24.0 Å². The number of aliphatic imine (C=N–C) groups is 1. The van der Waals surface area contributed by atoms with E-state index in [-0.39, 0.29) is 24.0 Å². The zero-order valence-corrected chi connectivity index (χ0v) is 15.5. The van der Waals surface area contributed by atoms with Crippen LogP contribution in [0.2, 0.25) is 0 Å². The maximum absolute atomic E-state index is 4.70. The van der Waals surface area contributed by atoms with Gasteiger partial charge in [-0.3, -0.25) is 4.99 Å². The topological polar surface area (TPSA) is 39.7 Å². The molecule has 118 valence electrons. The Balaban J connectivity index is 0.00000200. The molecule has 0 radical (unpaired) electrons. The minimum absolute atomic E-state index is 0. The third-order valence-electron chi connectivity index (χ3n) is 4.15. The van der Waals surface area contributed by atoms with Gasteiger partial charge >= 0.3 is 0 Å². The van der Waals surface area contributed by atoms with E-state index in [4.69, 9.17) is 4.99 Å². The number of halogens is 1. The fraction of sp³-hybridized carbons (Fsp3) is 0.933. The van der Waals surface area contributed by atoms with Crippen LogP contribution in [0.25, 0.3) is 0 Å². The summed E-state index contributed by atoms with van der Waals surface area (Å²) in [5, 5.41) is 6.98. The maximum Gasteiger partial charge on any atom is 0.191 e. The van der Waals surface area contributed by atoms with Crippen LogP contribution in [-0.4, -0.2) is 49.1 Å². The van der Waals surface area contributed by atoms with Crippen LogP contribution in [0.15, 0.2) is 4.99 Å². The molecule has 1 saturated heterocycles. The molecule has 1 aliphatic carbocycles. The predicted octanol–water partition coefficient (Wildman–Crippen LogP) is 2.44. The largest absolute Gasteiger partial charge is 0.357 e. The van der Waals surface area contributed by atoms with Gasteiger partial charge in [-0.1, -0.05) is 0 Å². The summed E-state index contributed by atoms with van der Waals surface area (Å²) in [6.07, 6.45) is 5.20. The van der Waals surface area contributed by atoms with Crippen molar-refractivity contribution in [2.45, 2.75) is 58.5 Å². The number of guanidine groups is 1. The summed E-state index contributed by atoms with van der Waals surface area (Å²) in [5.74, 6) is 1.88. The van der Waals surface area contributed by atoms with Gasteiger partial charge in [0.1, 0.15) is 0 Å². The molecule has 0 unspecified atom stereocenters. The Kier molecular flexibility index (Phi) is 8.17. The molecule has 1 saturated carbocycles. The van der Waals surface area contributed by atoms with E-state index in [2.05, 4.69) is 36.3 Å². The SMILES string of the molecule is CCNC(=NCC1CC1)NC1CCN(C(C)C)CC1.I. The van der Waals surface area contributed by atoms with Crippen LogP contribution in [0.3, 0.4) is 0 Å². The molecule has 1 heterocycles. The molecule has 0 aromatic carbocycles. The van der Waals surface area contributed by atoms with Crippen molar-refractivity contribution in [2.24, 2.45) is 10.9 Å². The van der Waals surface area contributed by atoms with Crippen molar-refractivity contribution in [1.29, 1.82) is 0 Å². The lowest BCUT2D eigenvalue weighted by Crippen LogP contribution is -2.49. The van der Waals surface area contributed by atoms with Crippen LogP contribution in [0.4, 0.5) is 0 Å². The molecule has 0 bridgehead atoms. The minimum atomic E-state index is 0. The van der Waals surface area contributed by atoms with Gasteiger partial charge in [-0.05, 0) is 52.4 Å². The first-order valence-corrected chi connectivity index (χ1v) is 7.98. The Bertz CT molecular complexity index is 294. The molecule has 1 aliphatic heterocycles. The lowest BCUT2D eigenvalue weighted by atomic mass is 10.0. The Morgan fingerprint density at radius 3 is 2.35 bits per heavy atom. The van der Waals surface area contributed by atoms with Gasteiger partial charge in [-0.25, -0.2) is 0 Å². The number of hydrogen-bond acceptors (Lipinski definition) is 2. The van der Waals surface area contributed by atoms with E-state index in [1.54, 1.807) is 0 Å². The van der Waals surface area contributed by atoms with E-state index in [1.165, 1.54) is 38.8 Å². The number of nitrogens with one attached hydrogen (secondary N) is 2. The fourth-order valence-corrected chi connectivity index (χ4v) is 2.59. The third-order valence-corrected chi connectivity index (χ3v) is 4.15. The van der Waals surface area contributed by atoms with Gasteiger partial charge in [0.25, 0.3) is 0 Å². The Labute approximate surface area is 141 Å². The zero-order valence-electron chi connectivity index (χ0n) is 13.2. The monoisotopic (exact) mass is 394 g/mol. The molecule has 0 aromatic heterocycles. The average Bonchev–Trinajstić information content (AvgIpc) is 3.21. The molecule has 2 fully saturated rings. The summed E-state index contributed by atoms with van der Waals surface area (Å²) in [6, 6.07) is 1.27. The van der Waals surface area contributed by atoms with Crippen LogP contribution < -0.4 is 10.6 Å². The van der Waals surface area contributed by atoms with Crippen molar-refractivity contribution < 1.29 is 0 Å². The quantitative estimate of drug-likeness (QED) is 0.428. The molecule has 0 spiro atoms. The normalized spacial score (nSPS) is 21.7. The van der Waals surface area contributed by atoms with Crippen LogP contribution in [0, 0.1) is 5.92 Å². The molecule has 0 aromatic rings. The van der Waals surface area contributed by atoms with E-state index in [0.717, 1.165) is 25.0 Å². The molecule has 2 N–H and O–H groups in total. The molecule has 2 rings (SSSR count). The van der Waals surface area contributed by atoms with E-state index < -0.39 is 0 Å². The second kappa shape index (κ2) is 9.07. The highest BCUT2D eigenvalue weighted by Crippen LogP contribution is 2.28. The lowest BCUT2D eigenvalue weighted by Gasteiger charge is -2.35. The highest BCUT2D eigenvalue weighted by molar-refractivity contribution is 14.0. The molecule has 0 atom stereocenters. The van der Waals surface area contributed by atoms with Crippen molar-refractivity contribution in [3.05, 3.63) is 0 Å². The van der Waals surface area contributed by atoms with Gasteiger partial charge in [-0.2, -0.15) is 0 Å². The smallest absolute Gasteiger partial charge is 0.191 e. The maximum atomic E-state index is 4.70. The van der Waals surface area contributed by atoms with Crippen LogP contribution in [-0.2, 0) is 0 Å². The highest BCUT2D eigenvalue weighted by atomic mass is 127. The minimum Gasteiger partial charge on any atom is -0.357 e. The van der Waals surface area contributed by atoms with Gasteiger partial charge in [0, 0.05) is 38.3 Å². The van der Waals surface area contributed by atoms with E-state index >= 15 is 0 Å². The first-order valence-electron chi connectivity index (χ1n) is 7.98. The van der Waals surface area contributed by atoms with Crippen LogP contribution >= 0.6 is 24.0 Å². The highest BCUT2D eigenvalue weighted by Gasteiger charge is 2.23. The van der Waals surface area contributed by atoms with Crippen molar-refractivity contribution >= 4 is 29.9 Å². The summed E-state index contributed by atoms with van der Waals surface area (Å²) >= 11 is 0. The van der Waals surface area contributed by atoms with Gasteiger partial charge in [0.05, 0.1) is 0 Å². The lowest BCUT2D eigenvalue weighted by molar-refractivity contribution is 0.167. The Morgan fingerprint density at radius 1 is 1.20 bits per heavy atom.